The average molecular weight is 879 g/mol. The predicted octanol–water partition coefficient (Wildman–Crippen LogP) is 6.72. The fourth-order valence-electron chi connectivity index (χ4n) is 8.77. The fourth-order valence-corrected chi connectivity index (χ4v) is 8.77. The Morgan fingerprint density at radius 3 is 2.38 bits per heavy atom. The number of nitrogens with one attached hydrogen (secondary N) is 2. The SMILES string of the molecule is CN(CCOC(=O)c1ccc(COc2cccc([C@@H](CC(=O)O[C@H]3CN4CCC3CC4)c3ccccc3)c2)cc1)C(=O)c1cccc(CNC[C@H](O)c2ccc(O)c3[nH]c(=O)ccc23)c1. The average Bonchev–Trinajstić information content (AvgIpc) is 3.33. The molecule has 4 heterocycles. The van der Waals surface area contributed by atoms with Crippen molar-refractivity contribution in [2.24, 2.45) is 5.92 Å². The number of phenolic OH excluding ortho intramolecular Hbond substituents is 1. The molecular formula is C52H54N4O9. The summed E-state index contributed by atoms with van der Waals surface area (Å²) in [6.45, 7) is 4.01. The molecule has 3 aliphatic heterocycles. The van der Waals surface area contributed by atoms with Crippen LogP contribution in [0.4, 0.5) is 0 Å². The van der Waals surface area contributed by atoms with Gasteiger partial charge in [-0.05, 0) is 108 Å². The highest BCUT2D eigenvalue weighted by Crippen LogP contribution is 2.34. The van der Waals surface area contributed by atoms with Gasteiger partial charge in [0.05, 0.1) is 30.1 Å². The highest BCUT2D eigenvalue weighted by molar-refractivity contribution is 5.94. The van der Waals surface area contributed by atoms with E-state index in [0.717, 1.165) is 54.7 Å². The maximum atomic E-state index is 13.4. The molecular weight excluding hydrogens is 825 g/mol. The molecule has 0 unspecified atom stereocenters. The third-order valence-electron chi connectivity index (χ3n) is 12.4. The Bertz CT molecular complexity index is 2660. The van der Waals surface area contributed by atoms with Crippen molar-refractivity contribution in [2.45, 2.75) is 50.5 Å². The van der Waals surface area contributed by atoms with E-state index < -0.39 is 12.1 Å². The minimum Gasteiger partial charge on any atom is -0.506 e. The van der Waals surface area contributed by atoms with Crippen LogP contribution in [0.2, 0.25) is 0 Å². The zero-order chi connectivity index (χ0) is 45.3. The van der Waals surface area contributed by atoms with Crippen molar-refractivity contribution in [2.75, 3.05) is 46.4 Å². The van der Waals surface area contributed by atoms with E-state index >= 15 is 0 Å². The third kappa shape index (κ3) is 11.3. The second-order valence-electron chi connectivity index (χ2n) is 16.9. The van der Waals surface area contributed by atoms with Crippen molar-refractivity contribution in [3.8, 4) is 11.5 Å². The Labute approximate surface area is 377 Å². The van der Waals surface area contributed by atoms with Crippen molar-refractivity contribution in [3.05, 3.63) is 177 Å². The van der Waals surface area contributed by atoms with E-state index in [9.17, 15) is 29.4 Å². The molecule has 13 heteroatoms. The number of nitrogens with zero attached hydrogens (tertiary/aromatic N) is 2. The number of aliphatic hydroxyl groups excluding tert-OH is 1. The Balaban J connectivity index is 0.785. The number of pyridine rings is 1. The Kier molecular flexibility index (Phi) is 14.3. The molecule has 1 amide bonds. The number of hydrogen-bond acceptors (Lipinski definition) is 11. The number of H-pyrrole nitrogens is 1. The Hall–Kier alpha value is -6.80. The van der Waals surface area contributed by atoms with Crippen LogP contribution in [-0.2, 0) is 27.4 Å². The summed E-state index contributed by atoms with van der Waals surface area (Å²) in [7, 11) is 1.65. The van der Waals surface area contributed by atoms with Gasteiger partial charge in [0.2, 0.25) is 5.56 Å². The van der Waals surface area contributed by atoms with Gasteiger partial charge in [0.25, 0.3) is 5.91 Å². The van der Waals surface area contributed by atoms with Crippen molar-refractivity contribution in [3.63, 3.8) is 0 Å². The summed E-state index contributed by atoms with van der Waals surface area (Å²) in [5, 5.41) is 24.8. The molecule has 4 N–H and O–H groups in total. The van der Waals surface area contributed by atoms with Gasteiger partial charge in [-0.15, -0.1) is 0 Å². The number of fused-ring (bicyclic) bond motifs is 4. The molecule has 2 bridgehead atoms. The molecule has 0 saturated carbocycles. The number of aromatic amines is 1. The summed E-state index contributed by atoms with van der Waals surface area (Å²) >= 11 is 0. The molecule has 0 aliphatic carbocycles. The summed E-state index contributed by atoms with van der Waals surface area (Å²) in [5.41, 5.74) is 4.98. The molecule has 3 aliphatic rings. The lowest BCUT2D eigenvalue weighted by Crippen LogP contribution is -2.52. The molecule has 65 heavy (non-hydrogen) atoms. The maximum Gasteiger partial charge on any atom is 0.338 e. The monoisotopic (exact) mass is 878 g/mol. The molecule has 336 valence electrons. The number of ether oxygens (including phenoxy) is 3. The number of carbonyl (C=O) groups excluding carboxylic acids is 3. The lowest BCUT2D eigenvalue weighted by molar-refractivity contribution is -0.159. The number of carbonyl (C=O) groups is 3. The second kappa shape index (κ2) is 20.8. The smallest absolute Gasteiger partial charge is 0.338 e. The first-order chi connectivity index (χ1) is 31.6. The van der Waals surface area contributed by atoms with Crippen LogP contribution in [-0.4, -0.2) is 95.3 Å². The Morgan fingerprint density at radius 1 is 0.846 bits per heavy atom. The van der Waals surface area contributed by atoms with Crippen LogP contribution in [0.3, 0.4) is 0 Å². The number of rotatable bonds is 18. The quantitative estimate of drug-likeness (QED) is 0.0676. The topological polar surface area (TPSA) is 171 Å². The highest BCUT2D eigenvalue weighted by Gasteiger charge is 2.37. The number of aliphatic hydroxyl groups is 1. The van der Waals surface area contributed by atoms with Crippen LogP contribution in [0.5, 0.6) is 11.5 Å². The molecule has 3 saturated heterocycles. The van der Waals surface area contributed by atoms with Gasteiger partial charge in [-0.25, -0.2) is 4.79 Å². The highest BCUT2D eigenvalue weighted by atomic mass is 16.5. The molecule has 0 spiro atoms. The van der Waals surface area contributed by atoms with Gasteiger partial charge in [0, 0.05) is 49.6 Å². The van der Waals surface area contributed by atoms with Gasteiger partial charge in [-0.3, -0.25) is 19.3 Å². The van der Waals surface area contributed by atoms with Crippen LogP contribution in [0.15, 0.2) is 132 Å². The van der Waals surface area contributed by atoms with E-state index in [-0.39, 0.29) is 73.4 Å². The number of likely N-dealkylation sites (N-methyl/N-ethyl adjacent to an activating group) is 1. The third-order valence-corrected chi connectivity index (χ3v) is 12.4. The van der Waals surface area contributed by atoms with Gasteiger partial charge < -0.3 is 39.6 Å². The van der Waals surface area contributed by atoms with Gasteiger partial charge in [0.1, 0.15) is 30.8 Å². The minimum atomic E-state index is -0.923. The van der Waals surface area contributed by atoms with Crippen LogP contribution in [0.1, 0.15) is 79.8 Å². The standard InChI is InChI=1S/C52H54N4O9/c1-55(51(61)40-11-5-7-35(27-40)30-53-31-46(58)42-17-19-45(57)50-43(42)18-20-48(59)54-50)25-26-63-52(62)38-15-13-34(14-16-38)33-64-41-12-6-10-39(28-41)44(36-8-3-2-4-9-36)29-49(60)65-47-32-56-23-21-37(47)22-24-56/h2-20,27-28,37,44,46-47,53,57-58H,21-26,29-33H2,1H3,(H,54,59)/t44-,46-,47-/m0/s1. The van der Waals surface area contributed by atoms with Crippen molar-refractivity contribution in [1.82, 2.24) is 20.1 Å². The fraction of sp³-hybridized carbons (Fsp3) is 0.308. The first kappa shape index (κ1) is 44.8. The summed E-state index contributed by atoms with van der Waals surface area (Å²) in [6, 6.07) is 37.9. The molecule has 3 atom stereocenters. The summed E-state index contributed by atoms with van der Waals surface area (Å²) in [5.74, 6) is -0.0916. The number of aromatic nitrogens is 1. The predicted molar refractivity (Wildman–Crippen MR) is 246 cm³/mol. The first-order valence-electron chi connectivity index (χ1n) is 22.1. The lowest BCUT2D eigenvalue weighted by Gasteiger charge is -2.44. The zero-order valence-electron chi connectivity index (χ0n) is 36.4. The van der Waals surface area contributed by atoms with E-state index in [2.05, 4.69) is 15.2 Å². The summed E-state index contributed by atoms with van der Waals surface area (Å²) in [6.07, 6.45) is 1.43. The number of piperidine rings is 3. The lowest BCUT2D eigenvalue weighted by atomic mass is 9.85. The number of hydrogen-bond donors (Lipinski definition) is 4. The van der Waals surface area contributed by atoms with Crippen LogP contribution in [0, 0.1) is 5.92 Å². The number of esters is 2. The van der Waals surface area contributed by atoms with E-state index in [1.165, 1.54) is 17.0 Å². The van der Waals surface area contributed by atoms with Gasteiger partial charge in [0.15, 0.2) is 0 Å². The second-order valence-corrected chi connectivity index (χ2v) is 16.9. The summed E-state index contributed by atoms with van der Waals surface area (Å²) in [4.78, 5) is 57.8. The molecule has 1 aromatic heterocycles. The molecule has 5 aromatic carbocycles. The van der Waals surface area contributed by atoms with Gasteiger partial charge in [-0.2, -0.15) is 0 Å². The number of amides is 1. The summed E-state index contributed by atoms with van der Waals surface area (Å²) < 4.78 is 17.8. The van der Waals surface area contributed by atoms with Gasteiger partial charge >= 0.3 is 11.9 Å². The van der Waals surface area contributed by atoms with E-state index in [1.54, 1.807) is 49.5 Å². The number of benzene rings is 5. The molecule has 6 aromatic rings. The maximum absolute atomic E-state index is 13.4. The molecule has 3 fully saturated rings. The normalized spacial score (nSPS) is 17.5. The molecule has 9 rings (SSSR count). The van der Waals surface area contributed by atoms with Crippen LogP contribution < -0.4 is 15.6 Å². The minimum absolute atomic E-state index is 0.00262. The zero-order valence-corrected chi connectivity index (χ0v) is 36.4. The Morgan fingerprint density at radius 2 is 1.62 bits per heavy atom. The number of phenols is 1. The van der Waals surface area contributed by atoms with Crippen molar-refractivity contribution in [1.29, 1.82) is 0 Å². The van der Waals surface area contributed by atoms with E-state index in [4.69, 9.17) is 14.2 Å². The van der Waals surface area contributed by atoms with Crippen molar-refractivity contribution >= 4 is 28.7 Å². The van der Waals surface area contributed by atoms with Crippen LogP contribution in [0.25, 0.3) is 10.9 Å². The van der Waals surface area contributed by atoms with Crippen LogP contribution >= 0.6 is 0 Å². The van der Waals surface area contributed by atoms with Gasteiger partial charge in [-0.1, -0.05) is 72.8 Å². The largest absolute Gasteiger partial charge is 0.506 e. The number of aromatic hydroxyl groups is 1. The molecule has 0 radical (unpaired) electrons. The van der Waals surface area contributed by atoms with E-state index in [1.807, 2.05) is 72.8 Å². The first-order valence-corrected chi connectivity index (χ1v) is 22.1. The van der Waals surface area contributed by atoms with Crippen molar-refractivity contribution < 1.29 is 38.8 Å². The van der Waals surface area contributed by atoms with E-state index in [0.29, 0.717) is 40.3 Å². The molecule has 13 nitrogen and oxygen atoms in total.